The van der Waals surface area contributed by atoms with Crippen LogP contribution in [0.3, 0.4) is 0 Å². The Hall–Kier alpha value is -1.35. The van der Waals surface area contributed by atoms with Crippen LogP contribution >= 0.6 is 0 Å². The van der Waals surface area contributed by atoms with Crippen molar-refractivity contribution in [3.63, 3.8) is 0 Å². The second kappa shape index (κ2) is 7.29. The molecule has 106 valence electrons. The van der Waals surface area contributed by atoms with E-state index >= 15 is 0 Å². The Kier molecular flexibility index (Phi) is 6.03. The van der Waals surface area contributed by atoms with E-state index in [1.165, 1.54) is 0 Å². The second-order valence-electron chi connectivity index (χ2n) is 5.04. The summed E-state index contributed by atoms with van der Waals surface area (Å²) < 4.78 is 0. The first-order chi connectivity index (χ1) is 9.10. The topological polar surface area (TPSA) is 55.1 Å². The van der Waals surface area contributed by atoms with Gasteiger partial charge in [-0.3, -0.25) is 4.79 Å². The number of hydrogen-bond donors (Lipinski definition) is 2. The van der Waals surface area contributed by atoms with E-state index < -0.39 is 0 Å². The Morgan fingerprint density at radius 3 is 2.11 bits per heavy atom. The van der Waals surface area contributed by atoms with Gasteiger partial charge in [0.25, 0.3) is 0 Å². The summed E-state index contributed by atoms with van der Waals surface area (Å²) >= 11 is 0. The highest BCUT2D eigenvalue weighted by molar-refractivity contribution is 5.79. The number of nitrogens with one attached hydrogen (secondary N) is 1. The van der Waals surface area contributed by atoms with E-state index in [9.17, 15) is 4.79 Å². The quantitative estimate of drug-likeness (QED) is 0.794. The van der Waals surface area contributed by atoms with Crippen molar-refractivity contribution < 1.29 is 4.79 Å². The lowest BCUT2D eigenvalue weighted by Crippen LogP contribution is -2.47. The molecule has 19 heavy (non-hydrogen) atoms. The zero-order valence-electron chi connectivity index (χ0n) is 12.3. The number of rotatable bonds is 7. The molecule has 0 aliphatic heterocycles. The van der Waals surface area contributed by atoms with Crippen LogP contribution in [0.15, 0.2) is 24.3 Å². The van der Waals surface area contributed by atoms with Crippen molar-refractivity contribution in [2.24, 2.45) is 5.73 Å². The van der Waals surface area contributed by atoms with Crippen LogP contribution in [0, 0.1) is 0 Å². The molecule has 0 saturated heterocycles. The van der Waals surface area contributed by atoms with Gasteiger partial charge < -0.3 is 11.1 Å². The van der Waals surface area contributed by atoms with E-state index in [-0.39, 0.29) is 11.4 Å². The van der Waals surface area contributed by atoms with Gasteiger partial charge in [0.2, 0.25) is 5.91 Å². The molecule has 0 aromatic heterocycles. The van der Waals surface area contributed by atoms with Crippen molar-refractivity contribution in [2.75, 3.05) is 0 Å². The van der Waals surface area contributed by atoms with Gasteiger partial charge in [-0.2, -0.15) is 0 Å². The summed E-state index contributed by atoms with van der Waals surface area (Å²) in [6.07, 6.45) is 3.30. The van der Waals surface area contributed by atoms with Crippen molar-refractivity contribution in [1.82, 2.24) is 5.32 Å². The van der Waals surface area contributed by atoms with Crippen LogP contribution in [-0.4, -0.2) is 11.4 Å². The number of nitrogens with two attached hydrogens (primary N) is 1. The minimum absolute atomic E-state index is 0.0608. The molecule has 0 heterocycles. The highest BCUT2D eigenvalue weighted by Gasteiger charge is 2.25. The summed E-state index contributed by atoms with van der Waals surface area (Å²) in [5.41, 5.74) is 7.72. The highest BCUT2D eigenvalue weighted by Crippen LogP contribution is 2.19. The molecule has 3 N–H and O–H groups in total. The minimum Gasteiger partial charge on any atom is -0.350 e. The molecule has 0 aliphatic carbocycles. The summed E-state index contributed by atoms with van der Waals surface area (Å²) in [4.78, 5) is 12.2. The summed E-state index contributed by atoms with van der Waals surface area (Å²) in [5, 5.41) is 3.20. The summed E-state index contributed by atoms with van der Waals surface area (Å²) in [6, 6.07) is 7.87. The van der Waals surface area contributed by atoms with Gasteiger partial charge in [0.15, 0.2) is 0 Å². The van der Waals surface area contributed by atoms with Gasteiger partial charge in [0.05, 0.1) is 6.42 Å². The molecule has 0 atom stereocenters. The van der Waals surface area contributed by atoms with E-state index in [2.05, 4.69) is 26.1 Å². The van der Waals surface area contributed by atoms with E-state index in [1.807, 2.05) is 24.3 Å². The molecule has 1 rings (SSSR count). The molecule has 0 fully saturated rings. The Morgan fingerprint density at radius 2 is 1.63 bits per heavy atom. The van der Waals surface area contributed by atoms with Crippen molar-refractivity contribution in [2.45, 2.75) is 58.5 Å². The van der Waals surface area contributed by atoms with Crippen LogP contribution in [0.4, 0.5) is 0 Å². The van der Waals surface area contributed by atoms with Gasteiger partial charge in [-0.25, -0.2) is 0 Å². The van der Waals surface area contributed by atoms with Gasteiger partial charge in [0.1, 0.15) is 0 Å². The lowest BCUT2D eigenvalue weighted by atomic mass is 9.89. The zero-order valence-corrected chi connectivity index (χ0v) is 12.3. The van der Waals surface area contributed by atoms with Gasteiger partial charge in [-0.05, 0) is 30.4 Å². The average Bonchev–Trinajstić information content (AvgIpc) is 2.45. The van der Waals surface area contributed by atoms with E-state index in [0.29, 0.717) is 13.0 Å². The zero-order chi connectivity index (χ0) is 14.3. The Balaban J connectivity index is 2.74. The first-order valence-corrected chi connectivity index (χ1v) is 7.18. The van der Waals surface area contributed by atoms with Crippen LogP contribution in [-0.2, 0) is 17.8 Å². The van der Waals surface area contributed by atoms with Gasteiger partial charge in [0, 0.05) is 12.1 Å². The standard InChI is InChI=1S/C16H26N2O/c1-4-16(5-2,6-3)18-15(19)11-13-9-7-8-10-14(13)12-17/h7-10H,4-6,11-12,17H2,1-3H3,(H,18,19). The fraction of sp³-hybridized carbons (Fsp3) is 0.562. The normalized spacial score (nSPS) is 11.4. The molecule has 0 saturated carbocycles. The number of amides is 1. The van der Waals surface area contributed by atoms with Crippen molar-refractivity contribution in [1.29, 1.82) is 0 Å². The number of hydrogen-bond acceptors (Lipinski definition) is 2. The molecule has 0 radical (unpaired) electrons. The van der Waals surface area contributed by atoms with Crippen LogP contribution in [0.5, 0.6) is 0 Å². The summed E-state index contributed by atoms with van der Waals surface area (Å²) in [6.45, 7) is 6.85. The largest absolute Gasteiger partial charge is 0.350 e. The molecular weight excluding hydrogens is 236 g/mol. The maximum atomic E-state index is 12.2. The predicted octanol–water partition coefficient (Wildman–Crippen LogP) is 2.77. The van der Waals surface area contributed by atoms with Gasteiger partial charge in [-0.15, -0.1) is 0 Å². The van der Waals surface area contributed by atoms with Crippen molar-refractivity contribution in [3.8, 4) is 0 Å². The SMILES string of the molecule is CCC(CC)(CC)NC(=O)Cc1ccccc1CN. The summed E-state index contributed by atoms with van der Waals surface area (Å²) in [7, 11) is 0. The maximum absolute atomic E-state index is 12.2. The molecule has 1 aromatic rings. The fourth-order valence-corrected chi connectivity index (χ4v) is 2.46. The first kappa shape index (κ1) is 15.7. The molecule has 3 heteroatoms. The molecule has 0 spiro atoms. The molecule has 3 nitrogen and oxygen atoms in total. The van der Waals surface area contributed by atoms with Gasteiger partial charge in [-0.1, -0.05) is 45.0 Å². The van der Waals surface area contributed by atoms with Crippen LogP contribution in [0.25, 0.3) is 0 Å². The number of carbonyl (C=O) groups excluding carboxylic acids is 1. The Bertz CT molecular complexity index is 403. The predicted molar refractivity (Wildman–Crippen MR) is 79.8 cm³/mol. The molecule has 0 aliphatic rings. The monoisotopic (exact) mass is 262 g/mol. The first-order valence-electron chi connectivity index (χ1n) is 7.18. The van der Waals surface area contributed by atoms with Gasteiger partial charge >= 0.3 is 0 Å². The maximum Gasteiger partial charge on any atom is 0.224 e. The van der Waals surface area contributed by atoms with E-state index in [4.69, 9.17) is 5.73 Å². The molecule has 1 amide bonds. The van der Waals surface area contributed by atoms with E-state index in [0.717, 1.165) is 30.4 Å². The van der Waals surface area contributed by atoms with E-state index in [1.54, 1.807) is 0 Å². The third-order valence-electron chi connectivity index (χ3n) is 4.12. The van der Waals surface area contributed by atoms with Crippen molar-refractivity contribution in [3.05, 3.63) is 35.4 Å². The highest BCUT2D eigenvalue weighted by atomic mass is 16.1. The summed E-state index contributed by atoms with van der Waals surface area (Å²) in [5.74, 6) is 0.0893. The van der Waals surface area contributed by atoms with Crippen molar-refractivity contribution >= 4 is 5.91 Å². The molecule has 0 unspecified atom stereocenters. The van der Waals surface area contributed by atoms with Crippen LogP contribution in [0.2, 0.25) is 0 Å². The second-order valence-corrected chi connectivity index (χ2v) is 5.04. The third kappa shape index (κ3) is 4.06. The lowest BCUT2D eigenvalue weighted by Gasteiger charge is -2.32. The molecule has 0 bridgehead atoms. The molecule has 1 aromatic carbocycles. The van der Waals surface area contributed by atoms with Crippen LogP contribution < -0.4 is 11.1 Å². The smallest absolute Gasteiger partial charge is 0.224 e. The number of carbonyl (C=O) groups is 1. The lowest BCUT2D eigenvalue weighted by molar-refractivity contribution is -0.122. The third-order valence-corrected chi connectivity index (χ3v) is 4.12. The Morgan fingerprint density at radius 1 is 1.11 bits per heavy atom. The Labute approximate surface area is 116 Å². The molecular formula is C16H26N2O. The minimum atomic E-state index is -0.0608. The number of benzene rings is 1. The van der Waals surface area contributed by atoms with Crippen LogP contribution in [0.1, 0.15) is 51.2 Å². The average molecular weight is 262 g/mol. The fourth-order valence-electron chi connectivity index (χ4n) is 2.46.